The lowest BCUT2D eigenvalue weighted by molar-refractivity contribution is -0.131. The van der Waals surface area contributed by atoms with Crippen LogP contribution in [0.15, 0.2) is 42.5 Å². The molecule has 6 heteroatoms. The lowest BCUT2D eigenvalue weighted by atomic mass is 9.94. The number of ether oxygens (including phenoxy) is 3. The smallest absolute Gasteiger partial charge is 0.339 e. The molecule has 1 aliphatic heterocycles. The van der Waals surface area contributed by atoms with E-state index in [-0.39, 0.29) is 17.9 Å². The molecule has 160 valence electrons. The first-order valence-electron chi connectivity index (χ1n) is 10.4. The Hall–Kier alpha value is -3.02. The second kappa shape index (κ2) is 9.65. The summed E-state index contributed by atoms with van der Waals surface area (Å²) in [6, 6.07) is 12.7. The molecular weight excluding hydrogens is 382 g/mol. The molecule has 0 bridgehead atoms. The maximum atomic E-state index is 13.0. The molecule has 1 N–H and O–H groups in total. The Bertz CT molecular complexity index is 908. The van der Waals surface area contributed by atoms with E-state index in [1.807, 2.05) is 58.0 Å². The van der Waals surface area contributed by atoms with Gasteiger partial charge in [0.1, 0.15) is 0 Å². The molecule has 6 nitrogen and oxygen atoms in total. The average molecular weight is 411 g/mol. The first-order valence-corrected chi connectivity index (χ1v) is 10.4. The van der Waals surface area contributed by atoms with Crippen LogP contribution in [0.5, 0.6) is 11.5 Å². The summed E-state index contributed by atoms with van der Waals surface area (Å²) in [4.78, 5) is 25.3. The Morgan fingerprint density at radius 2 is 1.80 bits per heavy atom. The average Bonchev–Trinajstić information content (AvgIpc) is 2.73. The number of amides is 1. The van der Waals surface area contributed by atoms with Crippen LogP contribution in [-0.2, 0) is 16.0 Å². The first-order chi connectivity index (χ1) is 14.4. The van der Waals surface area contributed by atoms with Crippen LogP contribution in [0.4, 0.5) is 0 Å². The molecule has 0 saturated carbocycles. The standard InChI is InChI=1S/C24H29NO5/c1-5-28-19-12-11-17(14-20(19)29-6-2)22(15(3)4)25-23(26)21-13-16-9-7-8-10-18(16)24(27)30-21/h7-12,14-15,21-22H,5-6,13H2,1-4H3,(H,25,26). The van der Waals surface area contributed by atoms with E-state index in [1.165, 1.54) is 0 Å². The molecule has 2 unspecified atom stereocenters. The summed E-state index contributed by atoms with van der Waals surface area (Å²) >= 11 is 0. The van der Waals surface area contributed by atoms with E-state index in [0.717, 1.165) is 11.1 Å². The van der Waals surface area contributed by atoms with Gasteiger partial charge in [-0.15, -0.1) is 0 Å². The zero-order valence-electron chi connectivity index (χ0n) is 17.9. The molecule has 0 aliphatic carbocycles. The molecule has 1 heterocycles. The Kier molecular flexibility index (Phi) is 6.98. The molecule has 0 aromatic heterocycles. The van der Waals surface area contributed by atoms with Gasteiger partial charge in [-0.2, -0.15) is 0 Å². The summed E-state index contributed by atoms with van der Waals surface area (Å²) in [5.74, 6) is 0.679. The van der Waals surface area contributed by atoms with Gasteiger partial charge in [0.05, 0.1) is 24.8 Å². The van der Waals surface area contributed by atoms with Gasteiger partial charge in [0.15, 0.2) is 17.6 Å². The molecule has 30 heavy (non-hydrogen) atoms. The van der Waals surface area contributed by atoms with E-state index in [4.69, 9.17) is 14.2 Å². The number of cyclic esters (lactones) is 1. The Balaban J connectivity index is 1.80. The lowest BCUT2D eigenvalue weighted by Crippen LogP contribution is -2.44. The van der Waals surface area contributed by atoms with E-state index in [2.05, 4.69) is 5.32 Å². The predicted octanol–water partition coefficient (Wildman–Crippen LogP) is 4.08. The van der Waals surface area contributed by atoms with Crippen LogP contribution in [0, 0.1) is 5.92 Å². The van der Waals surface area contributed by atoms with E-state index < -0.39 is 12.1 Å². The topological polar surface area (TPSA) is 73.9 Å². The maximum Gasteiger partial charge on any atom is 0.339 e. The molecule has 0 fully saturated rings. The van der Waals surface area contributed by atoms with Gasteiger partial charge < -0.3 is 19.5 Å². The Morgan fingerprint density at radius 3 is 2.50 bits per heavy atom. The van der Waals surface area contributed by atoms with Gasteiger partial charge in [-0.05, 0) is 49.1 Å². The van der Waals surface area contributed by atoms with Gasteiger partial charge in [0.2, 0.25) is 0 Å². The van der Waals surface area contributed by atoms with E-state index >= 15 is 0 Å². The van der Waals surface area contributed by atoms with E-state index in [9.17, 15) is 9.59 Å². The van der Waals surface area contributed by atoms with E-state index in [0.29, 0.717) is 36.7 Å². The monoisotopic (exact) mass is 411 g/mol. The zero-order valence-corrected chi connectivity index (χ0v) is 17.9. The second-order valence-corrected chi connectivity index (χ2v) is 7.56. The van der Waals surface area contributed by atoms with Crippen molar-refractivity contribution < 1.29 is 23.8 Å². The number of nitrogens with one attached hydrogen (secondary N) is 1. The fourth-order valence-corrected chi connectivity index (χ4v) is 3.62. The van der Waals surface area contributed by atoms with Crippen molar-refractivity contribution in [2.75, 3.05) is 13.2 Å². The number of carbonyl (C=O) groups excluding carboxylic acids is 2. The van der Waals surface area contributed by atoms with Gasteiger partial charge in [-0.25, -0.2) is 4.79 Å². The third kappa shape index (κ3) is 4.75. The number of fused-ring (bicyclic) bond motifs is 1. The van der Waals surface area contributed by atoms with Crippen molar-refractivity contribution >= 4 is 11.9 Å². The lowest BCUT2D eigenvalue weighted by Gasteiger charge is -2.28. The third-order valence-electron chi connectivity index (χ3n) is 5.08. The van der Waals surface area contributed by atoms with Crippen LogP contribution in [0.3, 0.4) is 0 Å². The minimum atomic E-state index is -0.845. The molecular formula is C24H29NO5. The zero-order chi connectivity index (χ0) is 21.7. The molecule has 2 aromatic rings. The van der Waals surface area contributed by atoms with Crippen LogP contribution in [-0.4, -0.2) is 31.2 Å². The summed E-state index contributed by atoms with van der Waals surface area (Å²) in [6.07, 6.45) is -0.478. The van der Waals surface area contributed by atoms with Crippen molar-refractivity contribution in [2.24, 2.45) is 5.92 Å². The van der Waals surface area contributed by atoms with Gasteiger partial charge in [0.25, 0.3) is 5.91 Å². The fourth-order valence-electron chi connectivity index (χ4n) is 3.62. The quantitative estimate of drug-likeness (QED) is 0.663. The third-order valence-corrected chi connectivity index (χ3v) is 5.08. The second-order valence-electron chi connectivity index (χ2n) is 7.56. The number of benzene rings is 2. The Morgan fingerprint density at radius 1 is 1.10 bits per heavy atom. The minimum Gasteiger partial charge on any atom is -0.490 e. The predicted molar refractivity (Wildman–Crippen MR) is 114 cm³/mol. The summed E-state index contributed by atoms with van der Waals surface area (Å²) < 4.78 is 16.8. The summed E-state index contributed by atoms with van der Waals surface area (Å²) in [7, 11) is 0. The van der Waals surface area contributed by atoms with Crippen molar-refractivity contribution in [3.8, 4) is 11.5 Å². The van der Waals surface area contributed by atoms with Crippen LogP contribution in [0.2, 0.25) is 0 Å². The van der Waals surface area contributed by atoms with Crippen molar-refractivity contribution in [1.29, 1.82) is 0 Å². The largest absolute Gasteiger partial charge is 0.490 e. The highest BCUT2D eigenvalue weighted by Gasteiger charge is 2.33. The van der Waals surface area contributed by atoms with Crippen LogP contribution in [0.1, 0.15) is 55.2 Å². The molecule has 1 amide bonds. The summed E-state index contributed by atoms with van der Waals surface area (Å²) in [5, 5.41) is 3.06. The van der Waals surface area contributed by atoms with Gasteiger partial charge >= 0.3 is 5.97 Å². The molecule has 1 aliphatic rings. The Labute approximate surface area is 177 Å². The minimum absolute atomic E-state index is 0.118. The maximum absolute atomic E-state index is 13.0. The highest BCUT2D eigenvalue weighted by atomic mass is 16.5. The summed E-state index contributed by atoms with van der Waals surface area (Å²) in [6.45, 7) is 8.95. The van der Waals surface area contributed by atoms with Crippen molar-refractivity contribution in [3.05, 3.63) is 59.2 Å². The first kappa shape index (κ1) is 21.7. The number of carbonyl (C=O) groups is 2. The van der Waals surface area contributed by atoms with Crippen LogP contribution < -0.4 is 14.8 Å². The fraction of sp³-hybridized carbons (Fsp3) is 0.417. The van der Waals surface area contributed by atoms with Crippen LogP contribution in [0.25, 0.3) is 0 Å². The number of hydrogen-bond acceptors (Lipinski definition) is 5. The number of rotatable bonds is 8. The molecule has 2 atom stereocenters. The van der Waals surface area contributed by atoms with Crippen molar-refractivity contribution in [2.45, 2.75) is 46.3 Å². The highest BCUT2D eigenvalue weighted by molar-refractivity contribution is 5.95. The summed E-state index contributed by atoms with van der Waals surface area (Å²) in [5.41, 5.74) is 2.26. The van der Waals surface area contributed by atoms with Gasteiger partial charge in [-0.1, -0.05) is 38.1 Å². The van der Waals surface area contributed by atoms with Gasteiger partial charge in [-0.3, -0.25) is 4.79 Å². The molecule has 3 rings (SSSR count). The molecule has 0 spiro atoms. The number of esters is 1. The number of hydrogen-bond donors (Lipinski definition) is 1. The van der Waals surface area contributed by atoms with Crippen molar-refractivity contribution in [3.63, 3.8) is 0 Å². The normalized spacial score (nSPS) is 16.4. The van der Waals surface area contributed by atoms with Crippen LogP contribution >= 0.6 is 0 Å². The molecule has 0 saturated heterocycles. The molecule has 2 aromatic carbocycles. The van der Waals surface area contributed by atoms with Crippen molar-refractivity contribution in [1.82, 2.24) is 5.32 Å². The highest BCUT2D eigenvalue weighted by Crippen LogP contribution is 2.33. The van der Waals surface area contributed by atoms with E-state index in [1.54, 1.807) is 12.1 Å². The SMILES string of the molecule is CCOc1ccc(C(NC(=O)C2Cc3ccccc3C(=O)O2)C(C)C)cc1OCC. The molecule has 0 radical (unpaired) electrons. The van der Waals surface area contributed by atoms with Gasteiger partial charge in [0, 0.05) is 6.42 Å².